The molecule has 0 unspecified atom stereocenters. The third-order valence-electron chi connectivity index (χ3n) is 6.22. The summed E-state index contributed by atoms with van der Waals surface area (Å²) in [5, 5.41) is 0. The number of rotatable bonds is 4. The number of amides is 1. The van der Waals surface area contributed by atoms with E-state index in [4.69, 9.17) is 4.98 Å². The minimum Gasteiger partial charge on any atom is -0.356 e. The second-order valence-corrected chi connectivity index (χ2v) is 8.66. The van der Waals surface area contributed by atoms with Crippen molar-refractivity contribution in [2.75, 3.05) is 43.5 Å². The van der Waals surface area contributed by atoms with Crippen LogP contribution in [0.3, 0.4) is 0 Å². The van der Waals surface area contributed by atoms with Gasteiger partial charge in [-0.3, -0.25) is 9.78 Å². The number of anilines is 2. The van der Waals surface area contributed by atoms with Crippen LogP contribution in [0.2, 0.25) is 0 Å². The van der Waals surface area contributed by atoms with Crippen LogP contribution in [0.1, 0.15) is 36.9 Å². The largest absolute Gasteiger partial charge is 0.356 e. The molecular weight excluding hydrogens is 364 g/mol. The Kier molecular flexibility index (Phi) is 5.39. The van der Waals surface area contributed by atoms with Crippen molar-refractivity contribution in [3.05, 3.63) is 41.9 Å². The molecule has 2 aliphatic heterocycles. The predicted octanol–water partition coefficient (Wildman–Crippen LogP) is 2.66. The molecule has 7 nitrogen and oxygen atoms in total. The average molecular weight is 395 g/mol. The fraction of sp³-hybridized carbons (Fsp3) is 0.545. The molecule has 2 aromatic heterocycles. The van der Waals surface area contributed by atoms with Crippen molar-refractivity contribution < 1.29 is 4.79 Å². The summed E-state index contributed by atoms with van der Waals surface area (Å²) in [6.07, 6.45) is 7.45. The summed E-state index contributed by atoms with van der Waals surface area (Å²) in [5.41, 5.74) is 2.31. The zero-order valence-corrected chi connectivity index (χ0v) is 17.6. The molecule has 2 aliphatic rings. The van der Waals surface area contributed by atoms with E-state index < -0.39 is 0 Å². The number of aryl methyl sites for hydroxylation is 1. The summed E-state index contributed by atoms with van der Waals surface area (Å²) in [5.74, 6) is 2.03. The van der Waals surface area contributed by atoms with Gasteiger partial charge < -0.3 is 14.7 Å². The van der Waals surface area contributed by atoms with Gasteiger partial charge in [-0.05, 0) is 43.2 Å². The van der Waals surface area contributed by atoms with E-state index in [0.29, 0.717) is 13.0 Å². The molecule has 0 atom stereocenters. The van der Waals surface area contributed by atoms with Crippen molar-refractivity contribution in [1.82, 2.24) is 19.9 Å². The molecule has 0 aliphatic carbocycles. The molecule has 0 bridgehead atoms. The van der Waals surface area contributed by atoms with Crippen molar-refractivity contribution in [2.45, 2.75) is 39.2 Å². The normalized spacial score (nSPS) is 18.9. The van der Waals surface area contributed by atoms with Gasteiger partial charge in [-0.15, -0.1) is 0 Å². The van der Waals surface area contributed by atoms with E-state index in [0.717, 1.165) is 61.9 Å². The first-order chi connectivity index (χ1) is 13.9. The molecule has 4 heterocycles. The van der Waals surface area contributed by atoms with Crippen LogP contribution in [0.15, 0.2) is 30.6 Å². The van der Waals surface area contributed by atoms with Gasteiger partial charge >= 0.3 is 0 Å². The predicted molar refractivity (Wildman–Crippen MR) is 114 cm³/mol. The second kappa shape index (κ2) is 7.97. The highest BCUT2D eigenvalue weighted by Gasteiger charge is 2.41. The van der Waals surface area contributed by atoms with Crippen LogP contribution < -0.4 is 9.80 Å². The molecule has 0 aromatic carbocycles. The van der Waals surface area contributed by atoms with Crippen LogP contribution in [0.5, 0.6) is 0 Å². The fourth-order valence-corrected chi connectivity index (χ4v) is 4.48. The monoisotopic (exact) mass is 394 g/mol. The van der Waals surface area contributed by atoms with E-state index in [1.807, 2.05) is 49.1 Å². The Morgan fingerprint density at radius 2 is 1.97 bits per heavy atom. The molecule has 1 spiro atoms. The Labute approximate surface area is 172 Å². The molecule has 154 valence electrons. The number of nitrogens with zero attached hydrogens (tertiary/aromatic N) is 6. The lowest BCUT2D eigenvalue weighted by molar-refractivity contribution is -0.139. The second-order valence-electron chi connectivity index (χ2n) is 8.66. The lowest BCUT2D eigenvalue weighted by Gasteiger charge is -2.47. The summed E-state index contributed by atoms with van der Waals surface area (Å²) in [6, 6.07) is 6.05. The number of piperidine rings is 2. The Bertz CT molecular complexity index is 861. The topological polar surface area (TPSA) is 65.5 Å². The maximum atomic E-state index is 12.5. The highest BCUT2D eigenvalue weighted by atomic mass is 16.2. The number of carbonyl (C=O) groups excluding carboxylic acids is 1. The maximum absolute atomic E-state index is 12.5. The van der Waals surface area contributed by atoms with Gasteiger partial charge in [0.2, 0.25) is 11.9 Å². The Morgan fingerprint density at radius 3 is 2.66 bits per heavy atom. The number of aromatic nitrogens is 3. The first-order valence-electron chi connectivity index (χ1n) is 10.4. The molecule has 2 saturated heterocycles. The van der Waals surface area contributed by atoms with Gasteiger partial charge in [0.25, 0.3) is 0 Å². The smallest absolute Gasteiger partial charge is 0.226 e. The lowest BCUT2D eigenvalue weighted by atomic mass is 9.72. The van der Waals surface area contributed by atoms with Crippen LogP contribution in [-0.4, -0.2) is 59.5 Å². The summed E-state index contributed by atoms with van der Waals surface area (Å²) in [4.78, 5) is 32.3. The van der Waals surface area contributed by atoms with Gasteiger partial charge in [0.05, 0.1) is 0 Å². The zero-order valence-electron chi connectivity index (χ0n) is 17.6. The van der Waals surface area contributed by atoms with Gasteiger partial charge in [0.1, 0.15) is 5.82 Å². The molecular formula is C22H30N6O. The van der Waals surface area contributed by atoms with Gasteiger partial charge in [0, 0.05) is 70.8 Å². The SMILES string of the molecule is Cc1cc(N2CCC3(CCC(=O)N(Cc4cccnc4)C3)CC2)nc(N(C)C)n1. The molecule has 1 amide bonds. The number of likely N-dealkylation sites (tertiary alicyclic amines) is 1. The third-order valence-corrected chi connectivity index (χ3v) is 6.22. The summed E-state index contributed by atoms with van der Waals surface area (Å²) in [7, 11) is 3.94. The summed E-state index contributed by atoms with van der Waals surface area (Å²) < 4.78 is 0. The van der Waals surface area contributed by atoms with Crippen LogP contribution in [0.4, 0.5) is 11.8 Å². The number of pyridine rings is 1. The molecule has 29 heavy (non-hydrogen) atoms. The summed E-state index contributed by atoms with van der Waals surface area (Å²) in [6.45, 7) is 5.47. The Balaban J connectivity index is 1.43. The van der Waals surface area contributed by atoms with Crippen LogP contribution in [0, 0.1) is 12.3 Å². The van der Waals surface area contributed by atoms with Gasteiger partial charge in [-0.2, -0.15) is 4.98 Å². The first kappa shape index (κ1) is 19.6. The average Bonchev–Trinajstić information content (AvgIpc) is 2.72. The maximum Gasteiger partial charge on any atom is 0.226 e. The molecule has 7 heteroatoms. The van der Waals surface area contributed by atoms with Crippen molar-refractivity contribution >= 4 is 17.7 Å². The standard InChI is InChI=1S/C22H30N6O/c1-17-13-19(25-21(24-17)26(2)3)27-11-8-22(9-12-27)7-6-20(29)28(16-22)15-18-5-4-10-23-14-18/h4-5,10,13-14H,6-9,11-12,15-16H2,1-3H3. The Hall–Kier alpha value is -2.70. The minimum absolute atomic E-state index is 0.221. The minimum atomic E-state index is 0.221. The highest BCUT2D eigenvalue weighted by molar-refractivity contribution is 5.77. The molecule has 2 aromatic rings. The number of hydrogen-bond donors (Lipinski definition) is 0. The van der Waals surface area contributed by atoms with E-state index in [-0.39, 0.29) is 11.3 Å². The van der Waals surface area contributed by atoms with E-state index >= 15 is 0 Å². The van der Waals surface area contributed by atoms with Crippen LogP contribution in [0.25, 0.3) is 0 Å². The molecule has 4 rings (SSSR count). The van der Waals surface area contributed by atoms with E-state index in [1.54, 1.807) is 6.20 Å². The van der Waals surface area contributed by atoms with Crippen molar-refractivity contribution in [1.29, 1.82) is 0 Å². The van der Waals surface area contributed by atoms with Crippen molar-refractivity contribution in [2.24, 2.45) is 5.41 Å². The van der Waals surface area contributed by atoms with Gasteiger partial charge in [-0.1, -0.05) is 6.07 Å². The van der Waals surface area contributed by atoms with Crippen molar-refractivity contribution in [3.8, 4) is 0 Å². The van der Waals surface area contributed by atoms with Gasteiger partial charge in [0.15, 0.2) is 0 Å². The van der Waals surface area contributed by atoms with Crippen molar-refractivity contribution in [3.63, 3.8) is 0 Å². The molecule has 0 N–H and O–H groups in total. The molecule has 0 saturated carbocycles. The van der Waals surface area contributed by atoms with Crippen LogP contribution >= 0.6 is 0 Å². The summed E-state index contributed by atoms with van der Waals surface area (Å²) >= 11 is 0. The van der Waals surface area contributed by atoms with E-state index in [9.17, 15) is 4.79 Å². The number of hydrogen-bond acceptors (Lipinski definition) is 6. The Morgan fingerprint density at radius 1 is 1.17 bits per heavy atom. The molecule has 0 radical (unpaired) electrons. The lowest BCUT2D eigenvalue weighted by Crippen LogP contribution is -2.51. The zero-order chi connectivity index (χ0) is 20.4. The van der Waals surface area contributed by atoms with E-state index in [2.05, 4.69) is 20.9 Å². The molecule has 2 fully saturated rings. The number of carbonyl (C=O) groups is 1. The van der Waals surface area contributed by atoms with E-state index in [1.165, 1.54) is 0 Å². The fourth-order valence-electron chi connectivity index (χ4n) is 4.48. The quantitative estimate of drug-likeness (QED) is 0.794. The third kappa shape index (κ3) is 4.33. The van der Waals surface area contributed by atoms with Crippen LogP contribution in [-0.2, 0) is 11.3 Å². The van der Waals surface area contributed by atoms with Gasteiger partial charge in [-0.25, -0.2) is 4.98 Å². The first-order valence-corrected chi connectivity index (χ1v) is 10.4. The highest BCUT2D eigenvalue weighted by Crippen LogP contribution is 2.41.